The largest absolute Gasteiger partial charge is 0.489 e. The summed E-state index contributed by atoms with van der Waals surface area (Å²) in [5.41, 5.74) is 4.04. The van der Waals surface area contributed by atoms with E-state index in [1.165, 1.54) is 5.56 Å². The van der Waals surface area contributed by atoms with E-state index in [0.717, 1.165) is 23.3 Å². The average molecular weight is 349 g/mol. The van der Waals surface area contributed by atoms with E-state index in [0.29, 0.717) is 11.3 Å². The third kappa shape index (κ3) is 5.17. The molecule has 0 saturated heterocycles. The van der Waals surface area contributed by atoms with Crippen LogP contribution in [0.15, 0.2) is 36.4 Å². The summed E-state index contributed by atoms with van der Waals surface area (Å²) in [6.07, 6.45) is -0.256. The van der Waals surface area contributed by atoms with Gasteiger partial charge in [0.1, 0.15) is 12.4 Å². The molecule has 134 valence electrons. The number of alkyl halides is 2. The van der Waals surface area contributed by atoms with Crippen molar-refractivity contribution in [3.63, 3.8) is 0 Å². The molecule has 0 saturated carbocycles. The summed E-state index contributed by atoms with van der Waals surface area (Å²) in [5.74, 6) is 0.736. The number of benzene rings is 2. The zero-order valence-corrected chi connectivity index (χ0v) is 14.4. The molecule has 0 spiro atoms. The first kappa shape index (κ1) is 18.7. The lowest BCUT2D eigenvalue weighted by atomic mass is 10.1. The number of hydrogen-bond donors (Lipinski definition) is 1. The van der Waals surface area contributed by atoms with E-state index < -0.39 is 12.7 Å². The standard InChI is InChI=1S/C19H21F2NO3/c1-4-14-8-9-16(13(3)10-14)24-11-15-7-5-6-12(2)17(15)22-19(23)25-18(20)21/h5-10,18H,4,11H2,1-3H3,(H,22,23). The predicted molar refractivity (Wildman–Crippen MR) is 92.2 cm³/mol. The summed E-state index contributed by atoms with van der Waals surface area (Å²) < 4.78 is 34.0. The highest BCUT2D eigenvalue weighted by Crippen LogP contribution is 2.25. The molecule has 0 bridgehead atoms. The van der Waals surface area contributed by atoms with E-state index >= 15 is 0 Å². The molecule has 0 fully saturated rings. The van der Waals surface area contributed by atoms with Crippen LogP contribution in [0.5, 0.6) is 5.75 Å². The van der Waals surface area contributed by atoms with Gasteiger partial charge in [-0.25, -0.2) is 4.79 Å². The van der Waals surface area contributed by atoms with Gasteiger partial charge in [-0.3, -0.25) is 5.32 Å². The van der Waals surface area contributed by atoms with E-state index in [2.05, 4.69) is 23.0 Å². The number of carbonyl (C=O) groups excluding carboxylic acids is 1. The highest BCUT2D eigenvalue weighted by Gasteiger charge is 2.15. The van der Waals surface area contributed by atoms with Crippen LogP contribution in [-0.4, -0.2) is 12.7 Å². The van der Waals surface area contributed by atoms with Gasteiger partial charge < -0.3 is 9.47 Å². The minimum absolute atomic E-state index is 0.193. The molecule has 6 heteroatoms. The van der Waals surface area contributed by atoms with Gasteiger partial charge in [0.05, 0.1) is 5.69 Å². The SMILES string of the molecule is CCc1ccc(OCc2cccc(C)c2NC(=O)OC(F)F)c(C)c1. The van der Waals surface area contributed by atoms with Gasteiger partial charge in [0.25, 0.3) is 0 Å². The zero-order valence-electron chi connectivity index (χ0n) is 14.4. The normalized spacial score (nSPS) is 10.6. The Kier molecular flexibility index (Phi) is 6.33. The fourth-order valence-corrected chi connectivity index (χ4v) is 2.49. The molecule has 0 heterocycles. The first-order valence-electron chi connectivity index (χ1n) is 7.97. The van der Waals surface area contributed by atoms with Gasteiger partial charge in [0.2, 0.25) is 0 Å². The Bertz CT molecular complexity index is 747. The number of ether oxygens (including phenoxy) is 2. The van der Waals surface area contributed by atoms with Crippen molar-refractivity contribution >= 4 is 11.8 Å². The fraction of sp³-hybridized carbons (Fsp3) is 0.316. The summed E-state index contributed by atoms with van der Waals surface area (Å²) in [4.78, 5) is 11.5. The summed E-state index contributed by atoms with van der Waals surface area (Å²) in [7, 11) is 0. The zero-order chi connectivity index (χ0) is 18.4. The van der Waals surface area contributed by atoms with E-state index in [9.17, 15) is 13.6 Å². The molecular formula is C19H21F2NO3. The van der Waals surface area contributed by atoms with Gasteiger partial charge in [-0.1, -0.05) is 37.3 Å². The maximum absolute atomic E-state index is 12.2. The number of para-hydroxylation sites is 1. The van der Waals surface area contributed by atoms with Gasteiger partial charge in [-0.15, -0.1) is 0 Å². The molecule has 2 aromatic rings. The fourth-order valence-electron chi connectivity index (χ4n) is 2.49. The third-order valence-corrected chi connectivity index (χ3v) is 3.81. The van der Waals surface area contributed by atoms with Gasteiger partial charge in [0.15, 0.2) is 0 Å². The first-order valence-corrected chi connectivity index (χ1v) is 7.97. The third-order valence-electron chi connectivity index (χ3n) is 3.81. The van der Waals surface area contributed by atoms with Crippen molar-refractivity contribution in [2.45, 2.75) is 40.4 Å². The Labute approximate surface area is 145 Å². The van der Waals surface area contributed by atoms with Gasteiger partial charge in [-0.05, 0) is 43.0 Å². The summed E-state index contributed by atoms with van der Waals surface area (Å²) in [6.45, 7) is 2.84. The Balaban J connectivity index is 2.14. The summed E-state index contributed by atoms with van der Waals surface area (Å²) in [5, 5.41) is 2.36. The van der Waals surface area contributed by atoms with Crippen LogP contribution in [0.1, 0.15) is 29.2 Å². The molecule has 0 aromatic heterocycles. The van der Waals surface area contributed by atoms with Crippen molar-refractivity contribution in [3.8, 4) is 5.75 Å². The number of hydrogen-bond acceptors (Lipinski definition) is 3. The Morgan fingerprint density at radius 1 is 1.16 bits per heavy atom. The number of halogens is 2. The summed E-state index contributed by atoms with van der Waals surface area (Å²) >= 11 is 0. The first-order chi connectivity index (χ1) is 11.9. The highest BCUT2D eigenvalue weighted by atomic mass is 19.3. The van der Waals surface area contributed by atoms with Crippen molar-refractivity contribution in [1.29, 1.82) is 0 Å². The number of anilines is 1. The molecular weight excluding hydrogens is 328 g/mol. The van der Waals surface area contributed by atoms with E-state index in [1.54, 1.807) is 19.1 Å². The van der Waals surface area contributed by atoms with E-state index in [4.69, 9.17) is 4.74 Å². The van der Waals surface area contributed by atoms with Gasteiger partial charge in [0, 0.05) is 5.56 Å². The minimum atomic E-state index is -3.16. The molecule has 0 atom stereocenters. The maximum atomic E-state index is 12.2. The van der Waals surface area contributed by atoms with E-state index in [-0.39, 0.29) is 6.61 Å². The Morgan fingerprint density at radius 2 is 1.92 bits per heavy atom. The molecule has 2 rings (SSSR count). The number of aryl methyl sites for hydroxylation is 3. The lowest BCUT2D eigenvalue weighted by Gasteiger charge is -2.15. The molecule has 0 aliphatic heterocycles. The monoisotopic (exact) mass is 349 g/mol. The van der Waals surface area contributed by atoms with Crippen LogP contribution in [0.25, 0.3) is 0 Å². The second-order valence-corrected chi connectivity index (χ2v) is 5.64. The lowest BCUT2D eigenvalue weighted by molar-refractivity contribution is -0.0766. The molecule has 4 nitrogen and oxygen atoms in total. The molecule has 25 heavy (non-hydrogen) atoms. The number of rotatable bonds is 6. The van der Waals surface area contributed by atoms with Crippen LogP contribution in [-0.2, 0) is 17.8 Å². The van der Waals surface area contributed by atoms with Gasteiger partial charge in [-0.2, -0.15) is 8.78 Å². The number of amides is 1. The molecule has 0 aliphatic rings. The lowest BCUT2D eigenvalue weighted by Crippen LogP contribution is -2.18. The van der Waals surface area contributed by atoms with Crippen LogP contribution in [0, 0.1) is 13.8 Å². The van der Waals surface area contributed by atoms with Crippen molar-refractivity contribution in [1.82, 2.24) is 0 Å². The summed E-state index contributed by atoms with van der Waals surface area (Å²) in [6, 6.07) is 11.3. The Hall–Kier alpha value is -2.63. The van der Waals surface area contributed by atoms with Crippen molar-refractivity contribution < 1.29 is 23.0 Å². The molecule has 2 aromatic carbocycles. The van der Waals surface area contributed by atoms with Crippen molar-refractivity contribution in [2.75, 3.05) is 5.32 Å². The Morgan fingerprint density at radius 3 is 2.56 bits per heavy atom. The van der Waals surface area contributed by atoms with Crippen molar-refractivity contribution in [2.24, 2.45) is 0 Å². The smallest absolute Gasteiger partial charge is 0.416 e. The quantitative estimate of drug-likeness (QED) is 0.778. The van der Waals surface area contributed by atoms with Crippen LogP contribution >= 0.6 is 0 Å². The molecule has 1 N–H and O–H groups in total. The maximum Gasteiger partial charge on any atom is 0.416 e. The minimum Gasteiger partial charge on any atom is -0.489 e. The number of nitrogens with one attached hydrogen (secondary N) is 1. The van der Waals surface area contributed by atoms with Crippen molar-refractivity contribution in [3.05, 3.63) is 58.7 Å². The van der Waals surface area contributed by atoms with Crippen LogP contribution < -0.4 is 10.1 Å². The molecule has 0 aliphatic carbocycles. The van der Waals surface area contributed by atoms with Crippen LogP contribution in [0.4, 0.5) is 19.3 Å². The van der Waals surface area contributed by atoms with Gasteiger partial charge >= 0.3 is 12.7 Å². The number of carbonyl (C=O) groups is 1. The van der Waals surface area contributed by atoms with Crippen LogP contribution in [0.2, 0.25) is 0 Å². The van der Waals surface area contributed by atoms with Crippen LogP contribution in [0.3, 0.4) is 0 Å². The molecule has 1 amide bonds. The highest BCUT2D eigenvalue weighted by molar-refractivity contribution is 5.86. The second kappa shape index (κ2) is 8.46. The molecule has 0 radical (unpaired) electrons. The topological polar surface area (TPSA) is 47.6 Å². The van der Waals surface area contributed by atoms with E-state index in [1.807, 2.05) is 25.1 Å². The molecule has 0 unspecified atom stereocenters. The second-order valence-electron chi connectivity index (χ2n) is 5.64. The average Bonchev–Trinajstić information content (AvgIpc) is 2.55. The predicted octanol–water partition coefficient (Wildman–Crippen LogP) is 5.22.